The lowest BCUT2D eigenvalue weighted by Crippen LogP contribution is -2.36. The van der Waals surface area contributed by atoms with Gasteiger partial charge in [-0.05, 0) is 25.0 Å². The second-order valence-electron chi connectivity index (χ2n) is 5.05. The number of rotatable bonds is 6. The number of benzene rings is 1. The van der Waals surface area contributed by atoms with Gasteiger partial charge in [0, 0.05) is 24.7 Å². The number of nitrogens with one attached hydrogen (secondary N) is 1. The van der Waals surface area contributed by atoms with Crippen LogP contribution in [-0.4, -0.2) is 36.6 Å². The molecule has 0 bridgehead atoms. The molecule has 6 heteroatoms. The summed E-state index contributed by atoms with van der Waals surface area (Å²) >= 11 is 0. The van der Waals surface area contributed by atoms with Crippen LogP contribution in [0.3, 0.4) is 0 Å². The zero-order valence-corrected chi connectivity index (χ0v) is 11.7. The van der Waals surface area contributed by atoms with Crippen LogP contribution in [0.15, 0.2) is 24.3 Å². The van der Waals surface area contributed by atoms with Crippen molar-refractivity contribution >= 4 is 23.6 Å². The molecule has 1 aromatic rings. The highest BCUT2D eigenvalue weighted by Gasteiger charge is 2.24. The molecule has 112 valence electrons. The van der Waals surface area contributed by atoms with Crippen LogP contribution >= 0.6 is 0 Å². The summed E-state index contributed by atoms with van der Waals surface area (Å²) in [5, 5.41) is 11.5. The van der Waals surface area contributed by atoms with Crippen molar-refractivity contribution < 1.29 is 19.1 Å². The maximum absolute atomic E-state index is 14.0. The van der Waals surface area contributed by atoms with E-state index in [1.165, 1.54) is 23.1 Å². The van der Waals surface area contributed by atoms with Crippen LogP contribution in [0.2, 0.25) is 0 Å². The summed E-state index contributed by atoms with van der Waals surface area (Å²) in [6.07, 6.45) is 4.23. The third-order valence-electron chi connectivity index (χ3n) is 3.13. The molecule has 1 aliphatic rings. The summed E-state index contributed by atoms with van der Waals surface area (Å²) in [5.41, 5.74) is 0.625. The molecule has 0 aliphatic heterocycles. The Bertz CT molecular complexity index is 582. The Morgan fingerprint density at radius 2 is 2.19 bits per heavy atom. The standard InChI is InChI=1S/C15H17FN2O3/c1-18(9-13(19)17-11-6-7-11)15-10(5-8-14(20)21)3-2-4-12(15)16/h2-5,8,11H,6-7,9H2,1H3,(H,17,19)(H,20,21)/b8-5+. The van der Waals surface area contributed by atoms with Gasteiger partial charge in [-0.15, -0.1) is 0 Å². The lowest BCUT2D eigenvalue weighted by atomic mass is 10.1. The van der Waals surface area contributed by atoms with E-state index >= 15 is 0 Å². The average Bonchev–Trinajstić information content (AvgIpc) is 3.19. The van der Waals surface area contributed by atoms with E-state index in [2.05, 4.69) is 5.32 Å². The molecule has 0 unspecified atom stereocenters. The summed E-state index contributed by atoms with van der Waals surface area (Å²) in [6.45, 7) is 0.0192. The number of likely N-dealkylation sites (N-methyl/N-ethyl adjacent to an activating group) is 1. The Morgan fingerprint density at radius 1 is 1.48 bits per heavy atom. The van der Waals surface area contributed by atoms with E-state index in [0.29, 0.717) is 5.56 Å². The molecular formula is C15H17FN2O3. The molecule has 0 spiro atoms. The SMILES string of the molecule is CN(CC(=O)NC1CC1)c1c(F)cccc1/C=C/C(=O)O. The van der Waals surface area contributed by atoms with Gasteiger partial charge < -0.3 is 15.3 Å². The van der Waals surface area contributed by atoms with Gasteiger partial charge in [0.15, 0.2) is 0 Å². The number of hydrogen-bond donors (Lipinski definition) is 2. The molecular weight excluding hydrogens is 275 g/mol. The van der Waals surface area contributed by atoms with Crippen molar-refractivity contribution in [3.05, 3.63) is 35.7 Å². The minimum absolute atomic E-state index is 0.0192. The Morgan fingerprint density at radius 3 is 2.81 bits per heavy atom. The monoisotopic (exact) mass is 292 g/mol. The number of amides is 1. The largest absolute Gasteiger partial charge is 0.478 e. The molecule has 5 nitrogen and oxygen atoms in total. The van der Waals surface area contributed by atoms with Gasteiger partial charge >= 0.3 is 5.97 Å². The molecule has 1 aliphatic carbocycles. The first-order valence-corrected chi connectivity index (χ1v) is 6.67. The molecule has 2 N–H and O–H groups in total. The van der Waals surface area contributed by atoms with Crippen LogP contribution in [0, 0.1) is 5.82 Å². The van der Waals surface area contributed by atoms with E-state index in [4.69, 9.17) is 5.11 Å². The normalized spacial score (nSPS) is 14.2. The van der Waals surface area contributed by atoms with Gasteiger partial charge in [0.2, 0.25) is 5.91 Å². The Kier molecular flexibility index (Phi) is 4.57. The van der Waals surface area contributed by atoms with Crippen molar-refractivity contribution in [2.45, 2.75) is 18.9 Å². The number of para-hydroxylation sites is 1. The number of hydrogen-bond acceptors (Lipinski definition) is 3. The Balaban J connectivity index is 2.15. The number of halogens is 1. The topological polar surface area (TPSA) is 69.6 Å². The van der Waals surface area contributed by atoms with Crippen molar-refractivity contribution in [3.8, 4) is 0 Å². The van der Waals surface area contributed by atoms with Crippen molar-refractivity contribution in [2.24, 2.45) is 0 Å². The molecule has 0 radical (unpaired) electrons. The molecule has 21 heavy (non-hydrogen) atoms. The van der Waals surface area contributed by atoms with E-state index in [1.807, 2.05) is 0 Å². The third kappa shape index (κ3) is 4.30. The lowest BCUT2D eigenvalue weighted by Gasteiger charge is -2.21. The van der Waals surface area contributed by atoms with Gasteiger partial charge in [-0.2, -0.15) is 0 Å². The first-order valence-electron chi connectivity index (χ1n) is 6.67. The van der Waals surface area contributed by atoms with Gasteiger partial charge in [0.05, 0.1) is 12.2 Å². The van der Waals surface area contributed by atoms with Gasteiger partial charge in [-0.3, -0.25) is 4.79 Å². The first kappa shape index (κ1) is 15.0. The summed E-state index contributed by atoms with van der Waals surface area (Å²) in [5.74, 6) is -1.78. The fourth-order valence-electron chi connectivity index (χ4n) is 2.03. The fraction of sp³-hybridized carbons (Fsp3) is 0.333. The highest BCUT2D eigenvalue weighted by atomic mass is 19.1. The second kappa shape index (κ2) is 6.39. The Hall–Kier alpha value is -2.37. The lowest BCUT2D eigenvalue weighted by molar-refractivity contribution is -0.131. The van der Waals surface area contributed by atoms with Crippen LogP contribution in [0.5, 0.6) is 0 Å². The first-order chi connectivity index (χ1) is 9.97. The quantitative estimate of drug-likeness (QED) is 0.782. The predicted octanol–water partition coefficient (Wildman–Crippen LogP) is 1.64. The highest BCUT2D eigenvalue weighted by Crippen LogP contribution is 2.25. The summed E-state index contributed by atoms with van der Waals surface area (Å²) in [7, 11) is 1.60. The second-order valence-corrected chi connectivity index (χ2v) is 5.05. The molecule has 1 aromatic carbocycles. The maximum Gasteiger partial charge on any atom is 0.328 e. The van der Waals surface area contributed by atoms with Crippen LogP contribution in [0.1, 0.15) is 18.4 Å². The van der Waals surface area contributed by atoms with Crippen LogP contribution in [-0.2, 0) is 9.59 Å². The minimum atomic E-state index is -1.11. The maximum atomic E-state index is 14.0. The molecule has 0 saturated heterocycles. The third-order valence-corrected chi connectivity index (χ3v) is 3.13. The number of nitrogens with zero attached hydrogens (tertiary/aromatic N) is 1. The smallest absolute Gasteiger partial charge is 0.328 e. The molecule has 1 fully saturated rings. The number of carboxylic acid groups (broad SMARTS) is 1. The van der Waals surface area contributed by atoms with E-state index in [-0.39, 0.29) is 24.2 Å². The van der Waals surface area contributed by atoms with Gasteiger partial charge in [-0.25, -0.2) is 9.18 Å². The average molecular weight is 292 g/mol. The molecule has 0 heterocycles. The number of anilines is 1. The van der Waals surface area contributed by atoms with Gasteiger partial charge in [0.1, 0.15) is 5.82 Å². The zero-order valence-electron chi connectivity index (χ0n) is 11.7. The van der Waals surface area contributed by atoms with Crippen molar-refractivity contribution in [1.82, 2.24) is 5.32 Å². The highest BCUT2D eigenvalue weighted by molar-refractivity contribution is 5.88. The molecule has 1 amide bonds. The Labute approximate surface area is 122 Å². The van der Waals surface area contributed by atoms with E-state index in [0.717, 1.165) is 18.9 Å². The summed E-state index contributed by atoms with van der Waals surface area (Å²) in [6, 6.07) is 4.63. The summed E-state index contributed by atoms with van der Waals surface area (Å²) < 4.78 is 14.0. The van der Waals surface area contributed by atoms with Gasteiger partial charge in [0.25, 0.3) is 0 Å². The predicted molar refractivity (Wildman–Crippen MR) is 77.5 cm³/mol. The molecule has 0 aromatic heterocycles. The van der Waals surface area contributed by atoms with E-state index in [1.54, 1.807) is 13.1 Å². The van der Waals surface area contributed by atoms with Crippen LogP contribution < -0.4 is 10.2 Å². The van der Waals surface area contributed by atoms with Gasteiger partial charge in [-0.1, -0.05) is 12.1 Å². The fourth-order valence-corrected chi connectivity index (χ4v) is 2.03. The number of aliphatic carboxylic acids is 1. The van der Waals surface area contributed by atoms with Crippen molar-refractivity contribution in [1.29, 1.82) is 0 Å². The van der Waals surface area contributed by atoms with Crippen LogP contribution in [0.4, 0.5) is 10.1 Å². The van der Waals surface area contributed by atoms with E-state index < -0.39 is 11.8 Å². The van der Waals surface area contributed by atoms with Crippen molar-refractivity contribution in [3.63, 3.8) is 0 Å². The number of carboxylic acids is 1. The van der Waals surface area contributed by atoms with Crippen molar-refractivity contribution in [2.75, 3.05) is 18.5 Å². The van der Waals surface area contributed by atoms with E-state index in [9.17, 15) is 14.0 Å². The summed E-state index contributed by atoms with van der Waals surface area (Å²) in [4.78, 5) is 23.8. The molecule has 2 rings (SSSR count). The zero-order chi connectivity index (χ0) is 15.4. The van der Waals surface area contributed by atoms with Crippen LogP contribution in [0.25, 0.3) is 6.08 Å². The number of carbonyl (C=O) groups is 2. The minimum Gasteiger partial charge on any atom is -0.478 e. The molecule has 0 atom stereocenters. The molecule has 1 saturated carbocycles. The number of carbonyl (C=O) groups excluding carboxylic acids is 1.